The number of nitrogens with one attached hydrogen (secondary N) is 1. The molecule has 1 aromatic carbocycles. The number of likely N-dealkylation sites (tertiary alicyclic amines) is 1. The lowest BCUT2D eigenvalue weighted by atomic mass is 9.81. The summed E-state index contributed by atoms with van der Waals surface area (Å²) >= 11 is 3.38. The predicted octanol–water partition coefficient (Wildman–Crippen LogP) is 2.43. The van der Waals surface area contributed by atoms with E-state index in [2.05, 4.69) is 21.2 Å². The SMILES string of the molecule is COCC12CCN(C(=O)C(F)(F)F)CC1(c1cccc(Br)c1)N2. The zero-order valence-corrected chi connectivity index (χ0v) is 14.0. The Morgan fingerprint density at radius 1 is 1.48 bits per heavy atom. The highest BCUT2D eigenvalue weighted by atomic mass is 79.9. The minimum atomic E-state index is -4.85. The van der Waals surface area contributed by atoms with Crippen LogP contribution in [0, 0.1) is 0 Å². The van der Waals surface area contributed by atoms with Crippen molar-refractivity contribution in [1.29, 1.82) is 0 Å². The first-order valence-electron chi connectivity index (χ1n) is 7.15. The first kappa shape index (κ1) is 16.7. The Morgan fingerprint density at radius 3 is 2.83 bits per heavy atom. The minimum absolute atomic E-state index is 0.0227. The van der Waals surface area contributed by atoms with Crippen LogP contribution in [0.25, 0.3) is 0 Å². The number of amides is 1. The molecular formula is C15H16BrF3N2O2. The van der Waals surface area contributed by atoms with Crippen molar-refractivity contribution in [2.24, 2.45) is 0 Å². The Balaban J connectivity index is 1.93. The molecule has 8 heteroatoms. The fourth-order valence-corrected chi connectivity index (χ4v) is 3.96. The summed E-state index contributed by atoms with van der Waals surface area (Å²) in [6.45, 7) is 0.420. The van der Waals surface area contributed by atoms with Gasteiger partial charge in [0.1, 0.15) is 0 Å². The number of rotatable bonds is 3. The number of fused-ring (bicyclic) bond motifs is 1. The first-order chi connectivity index (χ1) is 10.7. The van der Waals surface area contributed by atoms with Gasteiger partial charge in [-0.3, -0.25) is 10.1 Å². The maximum atomic E-state index is 12.8. The van der Waals surface area contributed by atoms with E-state index in [0.717, 1.165) is 14.9 Å². The molecule has 2 heterocycles. The molecule has 1 amide bonds. The fraction of sp³-hybridized carbons (Fsp3) is 0.533. The first-order valence-corrected chi connectivity index (χ1v) is 7.94. The van der Waals surface area contributed by atoms with Crippen molar-refractivity contribution < 1.29 is 22.7 Å². The van der Waals surface area contributed by atoms with Crippen LogP contribution in [-0.2, 0) is 15.1 Å². The number of ether oxygens (including phenoxy) is 1. The standard InChI is InChI=1S/C15H16BrF3N2O2/c1-23-9-13-5-6-21(12(22)15(17,18)19)8-14(13,20-13)10-3-2-4-11(16)7-10/h2-4,7,20H,5-6,8-9H2,1H3. The van der Waals surface area contributed by atoms with E-state index in [1.54, 1.807) is 7.11 Å². The van der Waals surface area contributed by atoms with Crippen molar-refractivity contribution in [3.8, 4) is 0 Å². The molecular weight excluding hydrogens is 377 g/mol. The van der Waals surface area contributed by atoms with Gasteiger partial charge in [0.05, 0.1) is 17.7 Å². The van der Waals surface area contributed by atoms with E-state index in [1.165, 1.54) is 0 Å². The van der Waals surface area contributed by atoms with Crippen molar-refractivity contribution in [3.63, 3.8) is 0 Å². The van der Waals surface area contributed by atoms with Crippen LogP contribution < -0.4 is 5.32 Å². The van der Waals surface area contributed by atoms with Gasteiger partial charge >= 0.3 is 12.1 Å². The highest BCUT2D eigenvalue weighted by Crippen LogP contribution is 2.53. The Morgan fingerprint density at radius 2 is 2.22 bits per heavy atom. The minimum Gasteiger partial charge on any atom is -0.383 e. The van der Waals surface area contributed by atoms with E-state index in [0.29, 0.717) is 13.0 Å². The summed E-state index contributed by atoms with van der Waals surface area (Å²) in [5, 5.41) is 3.33. The monoisotopic (exact) mass is 392 g/mol. The molecule has 1 N–H and O–H groups in total. The van der Waals surface area contributed by atoms with Crippen LogP contribution in [0.15, 0.2) is 28.7 Å². The predicted molar refractivity (Wildman–Crippen MR) is 80.8 cm³/mol. The summed E-state index contributed by atoms with van der Waals surface area (Å²) in [6, 6.07) is 7.40. The van der Waals surface area contributed by atoms with Gasteiger partial charge in [0.25, 0.3) is 0 Å². The van der Waals surface area contributed by atoms with E-state index >= 15 is 0 Å². The van der Waals surface area contributed by atoms with Gasteiger partial charge < -0.3 is 9.64 Å². The van der Waals surface area contributed by atoms with Gasteiger partial charge in [-0.2, -0.15) is 13.2 Å². The maximum Gasteiger partial charge on any atom is 0.471 e. The number of alkyl halides is 3. The summed E-state index contributed by atoms with van der Waals surface area (Å²) in [5.41, 5.74) is -0.278. The maximum absolute atomic E-state index is 12.8. The Bertz CT molecular complexity index is 639. The third kappa shape index (κ3) is 2.66. The van der Waals surface area contributed by atoms with E-state index in [-0.39, 0.29) is 13.1 Å². The molecule has 0 saturated carbocycles. The molecule has 2 unspecified atom stereocenters. The second-order valence-corrected chi connectivity index (χ2v) is 6.95. The summed E-state index contributed by atoms with van der Waals surface area (Å²) in [5.74, 6) is -1.79. The van der Waals surface area contributed by atoms with Crippen molar-refractivity contribution in [2.75, 3.05) is 26.8 Å². The Kier molecular flexibility index (Phi) is 3.97. The van der Waals surface area contributed by atoms with Gasteiger partial charge in [0.2, 0.25) is 0 Å². The second kappa shape index (κ2) is 5.46. The van der Waals surface area contributed by atoms with Crippen molar-refractivity contribution in [2.45, 2.75) is 23.7 Å². The van der Waals surface area contributed by atoms with Gasteiger partial charge in [0, 0.05) is 24.7 Å². The highest BCUT2D eigenvalue weighted by Gasteiger charge is 2.71. The molecule has 126 valence electrons. The molecule has 2 atom stereocenters. The number of halogens is 4. The molecule has 2 saturated heterocycles. The van der Waals surface area contributed by atoms with Gasteiger partial charge in [0.15, 0.2) is 0 Å². The van der Waals surface area contributed by atoms with Crippen LogP contribution in [0.3, 0.4) is 0 Å². The van der Waals surface area contributed by atoms with Gasteiger partial charge in [-0.05, 0) is 24.1 Å². The van der Waals surface area contributed by atoms with Crippen molar-refractivity contribution >= 4 is 21.8 Å². The average molecular weight is 393 g/mol. The van der Waals surface area contributed by atoms with Crippen LogP contribution >= 0.6 is 15.9 Å². The lowest BCUT2D eigenvalue weighted by Crippen LogP contribution is -2.52. The van der Waals surface area contributed by atoms with Crippen LogP contribution in [0.2, 0.25) is 0 Å². The normalized spacial score (nSPS) is 30.0. The molecule has 0 radical (unpaired) electrons. The van der Waals surface area contributed by atoms with Crippen LogP contribution in [0.1, 0.15) is 12.0 Å². The Labute approximate surface area is 140 Å². The summed E-state index contributed by atoms with van der Waals surface area (Å²) < 4.78 is 44.4. The number of piperidine rings is 1. The third-order valence-corrected chi connectivity index (χ3v) is 5.17. The molecule has 2 fully saturated rings. The quantitative estimate of drug-likeness (QED) is 0.803. The van der Waals surface area contributed by atoms with Crippen LogP contribution in [0.5, 0.6) is 0 Å². The average Bonchev–Trinajstić information content (AvgIpc) is 3.15. The van der Waals surface area contributed by atoms with E-state index in [9.17, 15) is 18.0 Å². The Hall–Kier alpha value is -1.12. The largest absolute Gasteiger partial charge is 0.471 e. The molecule has 3 rings (SSSR count). The summed E-state index contributed by atoms with van der Waals surface area (Å²) in [7, 11) is 1.56. The smallest absolute Gasteiger partial charge is 0.383 e. The number of hydrogen-bond donors (Lipinski definition) is 1. The fourth-order valence-electron chi connectivity index (χ4n) is 3.56. The van der Waals surface area contributed by atoms with E-state index in [1.807, 2.05) is 24.3 Å². The zero-order chi connectivity index (χ0) is 16.9. The molecule has 0 bridgehead atoms. The van der Waals surface area contributed by atoms with Gasteiger partial charge in [-0.25, -0.2) is 0 Å². The van der Waals surface area contributed by atoms with Crippen molar-refractivity contribution in [3.05, 3.63) is 34.3 Å². The number of nitrogens with zero attached hydrogens (tertiary/aromatic N) is 1. The lowest BCUT2D eigenvalue weighted by molar-refractivity contribution is -0.187. The molecule has 0 aliphatic carbocycles. The highest BCUT2D eigenvalue weighted by molar-refractivity contribution is 9.10. The van der Waals surface area contributed by atoms with Gasteiger partial charge in [-0.1, -0.05) is 28.1 Å². The lowest BCUT2D eigenvalue weighted by Gasteiger charge is -2.36. The van der Waals surface area contributed by atoms with Crippen LogP contribution in [0.4, 0.5) is 13.2 Å². The summed E-state index contributed by atoms with van der Waals surface area (Å²) in [6.07, 6.45) is -4.44. The van der Waals surface area contributed by atoms with Crippen LogP contribution in [-0.4, -0.2) is 49.3 Å². The molecule has 0 spiro atoms. The zero-order valence-electron chi connectivity index (χ0n) is 12.4. The number of benzene rings is 1. The molecule has 1 aromatic rings. The molecule has 4 nitrogen and oxygen atoms in total. The number of methoxy groups -OCH3 is 1. The summed E-state index contributed by atoms with van der Waals surface area (Å²) in [4.78, 5) is 12.5. The van der Waals surface area contributed by atoms with Gasteiger partial charge in [-0.15, -0.1) is 0 Å². The number of hydrogen-bond acceptors (Lipinski definition) is 3. The molecule has 23 heavy (non-hydrogen) atoms. The van der Waals surface area contributed by atoms with E-state index < -0.39 is 23.2 Å². The third-order valence-electron chi connectivity index (χ3n) is 4.68. The molecule has 2 aliphatic rings. The van der Waals surface area contributed by atoms with Crippen molar-refractivity contribution in [1.82, 2.24) is 10.2 Å². The second-order valence-electron chi connectivity index (χ2n) is 6.03. The van der Waals surface area contributed by atoms with E-state index in [4.69, 9.17) is 4.74 Å². The topological polar surface area (TPSA) is 51.5 Å². The number of carbonyl (C=O) groups is 1. The number of carbonyl (C=O) groups excluding carboxylic acids is 1. The molecule has 0 aromatic heterocycles. The molecule has 2 aliphatic heterocycles.